The molecule has 0 radical (unpaired) electrons. The fraction of sp³-hybridized carbons (Fsp3) is 0.667. The van der Waals surface area contributed by atoms with Crippen LogP contribution < -0.4 is 0 Å². The third-order valence-corrected chi connectivity index (χ3v) is 9.09. The summed E-state index contributed by atoms with van der Waals surface area (Å²) in [4.78, 5) is 61.6. The summed E-state index contributed by atoms with van der Waals surface area (Å²) in [5.41, 5.74) is -1.70. The number of hydrogen-bond donors (Lipinski definition) is 0. The summed E-state index contributed by atoms with van der Waals surface area (Å²) in [5, 5.41) is 0. The SMILES string of the molecule is CC(=O)OCC(=O)[C@@]1(OC(C)=O)CCC2C3CCC4=CC(=O)C=C[C@]4(C)C3C(OC(C)=O)C[C@@]21C. The first-order valence-electron chi connectivity index (χ1n) is 12.3. The Morgan fingerprint density at radius 3 is 2.37 bits per heavy atom. The number of fused-ring (bicyclic) bond motifs is 5. The molecule has 0 N–H and O–H groups in total. The van der Waals surface area contributed by atoms with Crippen molar-refractivity contribution in [1.82, 2.24) is 0 Å². The van der Waals surface area contributed by atoms with E-state index in [0.29, 0.717) is 19.3 Å². The Morgan fingerprint density at radius 1 is 1.03 bits per heavy atom. The van der Waals surface area contributed by atoms with E-state index in [1.165, 1.54) is 20.8 Å². The maximum absolute atomic E-state index is 13.6. The van der Waals surface area contributed by atoms with Crippen molar-refractivity contribution >= 4 is 29.5 Å². The van der Waals surface area contributed by atoms with Gasteiger partial charge in [-0.25, -0.2) is 0 Å². The summed E-state index contributed by atoms with van der Waals surface area (Å²) in [5.74, 6) is -2.05. The van der Waals surface area contributed by atoms with Gasteiger partial charge in [-0.15, -0.1) is 0 Å². The largest absolute Gasteiger partial charge is 0.462 e. The highest BCUT2D eigenvalue weighted by Gasteiger charge is 2.71. The molecule has 190 valence electrons. The Balaban J connectivity index is 1.80. The van der Waals surface area contributed by atoms with E-state index in [2.05, 4.69) is 6.92 Å². The van der Waals surface area contributed by atoms with Gasteiger partial charge in [-0.2, -0.15) is 0 Å². The van der Waals surface area contributed by atoms with E-state index in [1.807, 2.05) is 13.0 Å². The van der Waals surface area contributed by atoms with E-state index in [9.17, 15) is 24.0 Å². The van der Waals surface area contributed by atoms with Crippen LogP contribution in [0.5, 0.6) is 0 Å². The molecular formula is C27H34O8. The fourth-order valence-electron chi connectivity index (χ4n) is 7.81. The van der Waals surface area contributed by atoms with Gasteiger partial charge in [0.2, 0.25) is 5.78 Å². The number of Topliss-reactive ketones (excluding diaryl/α,β-unsaturated/α-hetero) is 1. The molecule has 0 bridgehead atoms. The lowest BCUT2D eigenvalue weighted by molar-refractivity contribution is -0.205. The Bertz CT molecular complexity index is 1040. The van der Waals surface area contributed by atoms with Gasteiger partial charge in [0.25, 0.3) is 0 Å². The van der Waals surface area contributed by atoms with Crippen LogP contribution >= 0.6 is 0 Å². The van der Waals surface area contributed by atoms with Crippen molar-refractivity contribution in [2.75, 3.05) is 6.61 Å². The number of ether oxygens (including phenoxy) is 3. The second-order valence-corrected chi connectivity index (χ2v) is 11.0. The minimum absolute atomic E-state index is 0.0179. The molecule has 0 aromatic heterocycles. The van der Waals surface area contributed by atoms with Crippen molar-refractivity contribution in [3.05, 3.63) is 23.8 Å². The average molecular weight is 487 g/mol. The minimum Gasteiger partial charge on any atom is -0.462 e. The van der Waals surface area contributed by atoms with Crippen molar-refractivity contribution in [2.24, 2.45) is 28.6 Å². The smallest absolute Gasteiger partial charge is 0.303 e. The lowest BCUT2D eigenvalue weighted by Crippen LogP contribution is -2.63. The van der Waals surface area contributed by atoms with E-state index in [0.717, 1.165) is 18.4 Å². The first-order chi connectivity index (χ1) is 16.3. The zero-order valence-electron chi connectivity index (χ0n) is 21.1. The quantitative estimate of drug-likeness (QED) is 0.430. The number of ketones is 2. The van der Waals surface area contributed by atoms with Gasteiger partial charge in [-0.1, -0.05) is 25.5 Å². The highest BCUT2D eigenvalue weighted by Crippen LogP contribution is 2.68. The van der Waals surface area contributed by atoms with Gasteiger partial charge >= 0.3 is 17.9 Å². The summed E-state index contributed by atoms with van der Waals surface area (Å²) in [7, 11) is 0. The van der Waals surface area contributed by atoms with Gasteiger partial charge in [0.1, 0.15) is 6.10 Å². The lowest BCUT2D eigenvalue weighted by atomic mass is 9.46. The minimum atomic E-state index is -1.47. The molecule has 3 fully saturated rings. The molecular weight excluding hydrogens is 452 g/mol. The van der Waals surface area contributed by atoms with Crippen molar-refractivity contribution < 1.29 is 38.2 Å². The number of rotatable bonds is 5. The Morgan fingerprint density at radius 2 is 1.74 bits per heavy atom. The van der Waals surface area contributed by atoms with Crippen LogP contribution in [-0.2, 0) is 38.2 Å². The van der Waals surface area contributed by atoms with Crippen molar-refractivity contribution in [3.8, 4) is 0 Å². The van der Waals surface area contributed by atoms with E-state index in [1.54, 1.807) is 12.2 Å². The van der Waals surface area contributed by atoms with E-state index < -0.39 is 52.8 Å². The van der Waals surface area contributed by atoms with Gasteiger partial charge in [0.15, 0.2) is 18.0 Å². The molecule has 0 heterocycles. The normalized spacial score (nSPS) is 39.5. The first kappa shape index (κ1) is 25.3. The molecule has 0 aliphatic heterocycles. The number of esters is 3. The number of carbonyl (C=O) groups is 5. The second-order valence-electron chi connectivity index (χ2n) is 11.0. The molecule has 0 aromatic carbocycles. The summed E-state index contributed by atoms with van der Waals surface area (Å²) >= 11 is 0. The summed E-state index contributed by atoms with van der Waals surface area (Å²) in [6.45, 7) is 7.42. The van der Waals surface area contributed by atoms with Crippen molar-refractivity contribution in [3.63, 3.8) is 0 Å². The van der Waals surface area contributed by atoms with E-state index >= 15 is 0 Å². The highest BCUT2D eigenvalue weighted by molar-refractivity contribution is 6.01. The molecule has 35 heavy (non-hydrogen) atoms. The van der Waals surface area contributed by atoms with Crippen LogP contribution in [0.2, 0.25) is 0 Å². The Kier molecular flexibility index (Phi) is 6.31. The molecule has 4 rings (SSSR count). The van der Waals surface area contributed by atoms with Crippen LogP contribution in [0.4, 0.5) is 0 Å². The highest BCUT2D eigenvalue weighted by atomic mass is 16.6. The Hall–Kier alpha value is -2.77. The van der Waals surface area contributed by atoms with E-state index in [4.69, 9.17) is 14.2 Å². The number of hydrogen-bond acceptors (Lipinski definition) is 8. The number of carbonyl (C=O) groups excluding carboxylic acids is 5. The maximum atomic E-state index is 13.6. The van der Waals surface area contributed by atoms with Crippen LogP contribution in [0.1, 0.15) is 66.7 Å². The lowest BCUT2D eigenvalue weighted by Gasteiger charge is -2.60. The van der Waals surface area contributed by atoms with Gasteiger partial charge in [-0.3, -0.25) is 24.0 Å². The van der Waals surface area contributed by atoms with Crippen molar-refractivity contribution in [2.45, 2.75) is 78.4 Å². The number of allylic oxidation sites excluding steroid dienone is 4. The van der Waals surface area contributed by atoms with Gasteiger partial charge in [0.05, 0.1) is 0 Å². The summed E-state index contributed by atoms with van der Waals surface area (Å²) < 4.78 is 16.8. The maximum Gasteiger partial charge on any atom is 0.303 e. The molecule has 4 aliphatic carbocycles. The third-order valence-electron chi connectivity index (χ3n) is 9.09. The fourth-order valence-corrected chi connectivity index (χ4v) is 7.81. The van der Waals surface area contributed by atoms with Gasteiger partial charge in [-0.05, 0) is 56.1 Å². The molecule has 0 spiro atoms. The van der Waals surface area contributed by atoms with Crippen LogP contribution in [-0.4, -0.2) is 47.8 Å². The first-order valence-corrected chi connectivity index (χ1v) is 12.3. The Labute approximate surface area is 205 Å². The van der Waals surface area contributed by atoms with Crippen LogP contribution in [0.3, 0.4) is 0 Å². The molecule has 0 aromatic rings. The predicted octanol–water partition coefficient (Wildman–Crippen LogP) is 3.27. The van der Waals surface area contributed by atoms with Crippen LogP contribution in [0.15, 0.2) is 23.8 Å². The average Bonchev–Trinajstić information content (AvgIpc) is 3.04. The monoisotopic (exact) mass is 486 g/mol. The topological polar surface area (TPSA) is 113 Å². The molecule has 0 amide bonds. The molecule has 3 saturated carbocycles. The van der Waals surface area contributed by atoms with Gasteiger partial charge in [0, 0.05) is 37.5 Å². The van der Waals surface area contributed by atoms with Crippen LogP contribution in [0, 0.1) is 28.6 Å². The molecule has 4 unspecified atom stereocenters. The van der Waals surface area contributed by atoms with E-state index in [-0.39, 0.29) is 23.5 Å². The molecule has 4 aliphatic rings. The molecule has 8 nitrogen and oxygen atoms in total. The zero-order chi connectivity index (χ0) is 25.8. The van der Waals surface area contributed by atoms with Crippen LogP contribution in [0.25, 0.3) is 0 Å². The molecule has 8 heteroatoms. The molecule has 0 saturated heterocycles. The molecule has 7 atom stereocenters. The van der Waals surface area contributed by atoms with Gasteiger partial charge < -0.3 is 14.2 Å². The predicted molar refractivity (Wildman–Crippen MR) is 124 cm³/mol. The second kappa shape index (κ2) is 8.71. The standard InChI is InChI=1S/C27H34O8/c1-15(28)33-14-23(32)27(35-17(3)30)11-9-21-20-7-6-18-12-19(31)8-10-25(18,4)24(20)22(34-16(2)29)13-26(21,27)5/h8,10,12,20-22,24H,6-7,9,11,13-14H2,1-5H3/t20?,21?,22?,24?,25-,26-,27-/m0/s1. The third kappa shape index (κ3) is 3.95. The summed E-state index contributed by atoms with van der Waals surface area (Å²) in [6, 6.07) is 0. The zero-order valence-corrected chi connectivity index (χ0v) is 21.1. The summed E-state index contributed by atoms with van der Waals surface area (Å²) in [6.07, 6.45) is 7.50. The van der Waals surface area contributed by atoms with Crippen molar-refractivity contribution in [1.29, 1.82) is 0 Å².